The number of hydrogen-bond acceptors (Lipinski definition) is 4. The fourth-order valence-corrected chi connectivity index (χ4v) is 3.66. The van der Waals surface area contributed by atoms with Crippen LogP contribution in [0.5, 0.6) is 0 Å². The van der Waals surface area contributed by atoms with Crippen molar-refractivity contribution in [1.82, 2.24) is 10.3 Å². The van der Waals surface area contributed by atoms with Crippen LogP contribution in [0.4, 0.5) is 14.5 Å². The molecule has 8 heteroatoms. The lowest BCUT2D eigenvalue weighted by molar-refractivity contribution is -0.115. The third-order valence-electron chi connectivity index (χ3n) is 4.08. The monoisotopic (exact) mass is 415 g/mol. The van der Waals surface area contributed by atoms with Crippen LogP contribution >= 0.6 is 11.3 Å². The van der Waals surface area contributed by atoms with Crippen molar-refractivity contribution in [3.63, 3.8) is 0 Å². The van der Waals surface area contributed by atoms with Crippen LogP contribution < -0.4 is 10.6 Å². The Morgan fingerprint density at radius 2 is 1.69 bits per heavy atom. The average Bonchev–Trinajstić information content (AvgIpc) is 3.00. The number of carbonyl (C=O) groups is 2. The topological polar surface area (TPSA) is 71.1 Å². The summed E-state index contributed by atoms with van der Waals surface area (Å²) >= 11 is 1.12. The molecule has 2 aromatic carbocycles. The van der Waals surface area contributed by atoms with E-state index >= 15 is 0 Å². The van der Waals surface area contributed by atoms with Crippen molar-refractivity contribution < 1.29 is 18.4 Å². The van der Waals surface area contributed by atoms with Crippen LogP contribution in [0.2, 0.25) is 0 Å². The maximum absolute atomic E-state index is 13.2. The number of anilines is 1. The van der Waals surface area contributed by atoms with Crippen LogP contribution in [-0.2, 0) is 17.8 Å². The highest BCUT2D eigenvalue weighted by Gasteiger charge is 2.17. The number of nitrogens with zero attached hydrogens (tertiary/aromatic N) is 1. The molecule has 0 bridgehead atoms. The predicted octanol–water partition coefficient (Wildman–Crippen LogP) is 4.15. The summed E-state index contributed by atoms with van der Waals surface area (Å²) in [5, 5.41) is 5.71. The first-order valence-corrected chi connectivity index (χ1v) is 9.68. The molecular weight excluding hydrogens is 396 g/mol. The summed E-state index contributed by atoms with van der Waals surface area (Å²) in [6, 6.07) is 10.6. The molecule has 0 atom stereocenters. The minimum absolute atomic E-state index is 0.0249. The molecule has 0 saturated heterocycles. The first kappa shape index (κ1) is 20.6. The first-order valence-electron chi connectivity index (χ1n) is 8.86. The van der Waals surface area contributed by atoms with Gasteiger partial charge in [-0.05, 0) is 31.5 Å². The van der Waals surface area contributed by atoms with E-state index in [2.05, 4.69) is 15.6 Å². The quantitative estimate of drug-likeness (QED) is 0.635. The smallest absolute Gasteiger partial charge is 0.263 e. The molecule has 2 amide bonds. The molecule has 0 aliphatic heterocycles. The minimum atomic E-state index is -0.780. The average molecular weight is 415 g/mol. The van der Waals surface area contributed by atoms with Gasteiger partial charge in [0.25, 0.3) is 5.91 Å². The number of amides is 2. The van der Waals surface area contributed by atoms with E-state index in [0.717, 1.165) is 40.7 Å². The van der Waals surface area contributed by atoms with E-state index in [1.807, 2.05) is 31.2 Å². The van der Waals surface area contributed by atoms with E-state index in [1.165, 1.54) is 0 Å². The zero-order valence-corrected chi connectivity index (χ0v) is 16.7. The summed E-state index contributed by atoms with van der Waals surface area (Å²) in [7, 11) is 0. The van der Waals surface area contributed by atoms with Gasteiger partial charge >= 0.3 is 0 Å². The summed E-state index contributed by atoms with van der Waals surface area (Å²) in [5.74, 6) is -2.30. The van der Waals surface area contributed by atoms with E-state index in [9.17, 15) is 18.4 Å². The first-order chi connectivity index (χ1) is 13.8. The molecule has 0 unspecified atom stereocenters. The summed E-state index contributed by atoms with van der Waals surface area (Å²) in [6.07, 6.45) is -0.102. The Hall–Kier alpha value is -3.13. The van der Waals surface area contributed by atoms with Crippen LogP contribution in [0.1, 0.15) is 31.5 Å². The molecule has 150 valence electrons. The van der Waals surface area contributed by atoms with Gasteiger partial charge in [0.2, 0.25) is 5.91 Å². The Labute approximate surface area is 170 Å². The van der Waals surface area contributed by atoms with Crippen LogP contribution in [0.25, 0.3) is 0 Å². The van der Waals surface area contributed by atoms with Crippen molar-refractivity contribution in [2.24, 2.45) is 0 Å². The predicted molar refractivity (Wildman–Crippen MR) is 108 cm³/mol. The Kier molecular flexibility index (Phi) is 6.33. The molecule has 1 heterocycles. The van der Waals surface area contributed by atoms with Crippen molar-refractivity contribution in [2.75, 3.05) is 5.32 Å². The highest BCUT2D eigenvalue weighted by atomic mass is 32.1. The number of halogens is 2. The maximum Gasteiger partial charge on any atom is 0.263 e. The van der Waals surface area contributed by atoms with Gasteiger partial charge in [-0.2, -0.15) is 0 Å². The van der Waals surface area contributed by atoms with E-state index < -0.39 is 17.5 Å². The van der Waals surface area contributed by atoms with E-state index in [4.69, 9.17) is 0 Å². The fourth-order valence-electron chi connectivity index (χ4n) is 2.68. The minimum Gasteiger partial charge on any atom is -0.347 e. The van der Waals surface area contributed by atoms with Crippen LogP contribution in [0.15, 0.2) is 42.5 Å². The van der Waals surface area contributed by atoms with E-state index in [0.29, 0.717) is 22.1 Å². The molecule has 0 aliphatic rings. The Bertz CT molecular complexity index is 1030. The van der Waals surface area contributed by atoms with Gasteiger partial charge in [-0.25, -0.2) is 13.8 Å². The number of thiazole rings is 1. The van der Waals surface area contributed by atoms with E-state index in [1.54, 1.807) is 6.92 Å². The molecule has 29 heavy (non-hydrogen) atoms. The third kappa shape index (κ3) is 5.68. The number of hydrogen-bond donors (Lipinski definition) is 2. The van der Waals surface area contributed by atoms with Gasteiger partial charge in [-0.3, -0.25) is 9.59 Å². The summed E-state index contributed by atoms with van der Waals surface area (Å²) < 4.78 is 26.4. The molecule has 1 aromatic heterocycles. The fraction of sp³-hybridized carbons (Fsp3) is 0.190. The van der Waals surface area contributed by atoms with Crippen molar-refractivity contribution in [1.29, 1.82) is 0 Å². The number of benzene rings is 2. The summed E-state index contributed by atoms with van der Waals surface area (Å²) in [5.41, 5.74) is 2.67. The highest BCUT2D eigenvalue weighted by Crippen LogP contribution is 2.20. The van der Waals surface area contributed by atoms with Crippen molar-refractivity contribution in [2.45, 2.75) is 26.8 Å². The molecule has 0 spiro atoms. The summed E-state index contributed by atoms with van der Waals surface area (Å²) in [6.45, 7) is 4.07. The third-order valence-corrected chi connectivity index (χ3v) is 5.24. The maximum atomic E-state index is 13.2. The van der Waals surface area contributed by atoms with Crippen LogP contribution in [-0.4, -0.2) is 16.8 Å². The zero-order chi connectivity index (χ0) is 21.0. The molecule has 0 saturated carbocycles. The van der Waals surface area contributed by atoms with Gasteiger partial charge in [-0.15, -0.1) is 11.3 Å². The second kappa shape index (κ2) is 8.91. The van der Waals surface area contributed by atoms with Gasteiger partial charge in [0.15, 0.2) is 0 Å². The largest absolute Gasteiger partial charge is 0.347 e. The van der Waals surface area contributed by atoms with Crippen molar-refractivity contribution in [3.8, 4) is 0 Å². The van der Waals surface area contributed by atoms with Gasteiger partial charge in [0.1, 0.15) is 21.5 Å². The lowest BCUT2D eigenvalue weighted by Gasteiger charge is -2.05. The SMILES string of the molecule is Cc1ccc(CNC(=O)c2sc(CC(=O)Nc3cc(F)cc(F)c3)nc2C)cc1. The number of rotatable bonds is 6. The Morgan fingerprint density at radius 1 is 1.03 bits per heavy atom. The second-order valence-electron chi connectivity index (χ2n) is 6.57. The number of nitrogens with one attached hydrogen (secondary N) is 2. The van der Waals surface area contributed by atoms with Crippen molar-refractivity contribution >= 4 is 28.8 Å². The van der Waals surface area contributed by atoms with Crippen molar-refractivity contribution in [3.05, 3.63) is 80.8 Å². The molecule has 2 N–H and O–H groups in total. The number of carbonyl (C=O) groups excluding carboxylic acids is 2. The normalized spacial score (nSPS) is 10.6. The van der Waals surface area contributed by atoms with Gasteiger partial charge in [0.05, 0.1) is 12.1 Å². The molecular formula is C21H19F2N3O2S. The molecule has 0 aliphatic carbocycles. The van der Waals surface area contributed by atoms with Crippen LogP contribution in [0, 0.1) is 25.5 Å². The van der Waals surface area contributed by atoms with Gasteiger partial charge in [0, 0.05) is 18.3 Å². The number of aromatic nitrogens is 1. The standard InChI is InChI=1S/C21H19F2N3O2S/c1-12-3-5-14(6-4-12)11-24-21(28)20-13(2)25-19(29-20)10-18(27)26-17-8-15(22)7-16(23)9-17/h3-9H,10-11H2,1-2H3,(H,24,28)(H,26,27). The Balaban J connectivity index is 1.60. The molecule has 5 nitrogen and oxygen atoms in total. The highest BCUT2D eigenvalue weighted by molar-refractivity contribution is 7.13. The zero-order valence-electron chi connectivity index (χ0n) is 15.9. The molecule has 0 fully saturated rings. The lowest BCUT2D eigenvalue weighted by atomic mass is 10.1. The van der Waals surface area contributed by atoms with E-state index in [-0.39, 0.29) is 18.0 Å². The second-order valence-corrected chi connectivity index (χ2v) is 7.66. The summed E-state index contributed by atoms with van der Waals surface area (Å²) in [4.78, 5) is 29.3. The van der Waals surface area contributed by atoms with Gasteiger partial charge < -0.3 is 10.6 Å². The number of aryl methyl sites for hydroxylation is 2. The molecule has 3 aromatic rings. The molecule has 0 radical (unpaired) electrons. The lowest BCUT2D eigenvalue weighted by Crippen LogP contribution is -2.22. The molecule has 3 rings (SSSR count). The van der Waals surface area contributed by atoms with Crippen LogP contribution in [0.3, 0.4) is 0 Å². The Morgan fingerprint density at radius 3 is 2.34 bits per heavy atom. The van der Waals surface area contributed by atoms with Gasteiger partial charge in [-0.1, -0.05) is 29.8 Å².